The molecule has 0 unspecified atom stereocenters. The molecule has 0 saturated heterocycles. The standard InChI is InChI=1S/C15H14FNO4/c1-10(18)11-4-2-6-13(8-11)21-9-12-5-3-7-14(15(12)16)17(19)20/h2-8,10,18H,9H2,1H3/t10-/m0/s1. The van der Waals surface area contributed by atoms with Gasteiger partial charge < -0.3 is 9.84 Å². The van der Waals surface area contributed by atoms with Crippen LogP contribution in [0.1, 0.15) is 24.2 Å². The molecule has 0 bridgehead atoms. The van der Waals surface area contributed by atoms with Crippen LogP contribution in [0.4, 0.5) is 10.1 Å². The number of nitro groups is 1. The van der Waals surface area contributed by atoms with Crippen LogP contribution >= 0.6 is 0 Å². The molecule has 0 aromatic heterocycles. The molecule has 0 amide bonds. The maximum Gasteiger partial charge on any atom is 0.305 e. The molecule has 0 spiro atoms. The molecule has 0 aliphatic rings. The van der Waals surface area contributed by atoms with Crippen molar-refractivity contribution in [3.8, 4) is 5.75 Å². The summed E-state index contributed by atoms with van der Waals surface area (Å²) >= 11 is 0. The van der Waals surface area contributed by atoms with E-state index in [4.69, 9.17) is 4.74 Å². The van der Waals surface area contributed by atoms with Gasteiger partial charge in [-0.1, -0.05) is 24.3 Å². The van der Waals surface area contributed by atoms with E-state index in [1.165, 1.54) is 12.1 Å². The number of aliphatic hydroxyl groups is 1. The van der Waals surface area contributed by atoms with Gasteiger partial charge in [-0.3, -0.25) is 10.1 Å². The van der Waals surface area contributed by atoms with Crippen molar-refractivity contribution in [2.45, 2.75) is 19.6 Å². The van der Waals surface area contributed by atoms with E-state index in [2.05, 4.69) is 0 Å². The van der Waals surface area contributed by atoms with Gasteiger partial charge in [-0.05, 0) is 24.6 Å². The summed E-state index contributed by atoms with van der Waals surface area (Å²) in [5.74, 6) is -0.437. The van der Waals surface area contributed by atoms with Gasteiger partial charge in [0.1, 0.15) is 12.4 Å². The smallest absolute Gasteiger partial charge is 0.305 e. The van der Waals surface area contributed by atoms with Crippen LogP contribution in [-0.4, -0.2) is 10.0 Å². The summed E-state index contributed by atoms with van der Waals surface area (Å²) in [6.07, 6.45) is -0.636. The van der Waals surface area contributed by atoms with Crippen molar-refractivity contribution in [1.29, 1.82) is 0 Å². The molecule has 0 fully saturated rings. The number of hydrogen-bond acceptors (Lipinski definition) is 4. The molecular weight excluding hydrogens is 277 g/mol. The topological polar surface area (TPSA) is 72.6 Å². The van der Waals surface area contributed by atoms with Gasteiger partial charge in [-0.25, -0.2) is 0 Å². The second kappa shape index (κ2) is 6.32. The van der Waals surface area contributed by atoms with E-state index in [9.17, 15) is 19.6 Å². The highest BCUT2D eigenvalue weighted by atomic mass is 19.1. The zero-order chi connectivity index (χ0) is 15.4. The predicted molar refractivity (Wildman–Crippen MR) is 74.5 cm³/mol. The van der Waals surface area contributed by atoms with Gasteiger partial charge in [-0.2, -0.15) is 4.39 Å². The molecule has 110 valence electrons. The summed E-state index contributed by atoms with van der Waals surface area (Å²) in [6.45, 7) is 1.50. The first-order valence-electron chi connectivity index (χ1n) is 6.31. The number of rotatable bonds is 5. The fourth-order valence-electron chi connectivity index (χ4n) is 1.84. The molecule has 0 heterocycles. The zero-order valence-electron chi connectivity index (χ0n) is 11.3. The first kappa shape index (κ1) is 14.9. The highest BCUT2D eigenvalue weighted by molar-refractivity contribution is 5.37. The molecule has 2 aromatic carbocycles. The van der Waals surface area contributed by atoms with E-state index in [-0.39, 0.29) is 12.2 Å². The number of nitrogens with zero attached hydrogens (tertiary/aromatic N) is 1. The highest BCUT2D eigenvalue weighted by Gasteiger charge is 2.17. The summed E-state index contributed by atoms with van der Waals surface area (Å²) in [6, 6.07) is 10.7. The van der Waals surface area contributed by atoms with Crippen molar-refractivity contribution in [3.05, 3.63) is 69.5 Å². The maximum atomic E-state index is 13.9. The minimum absolute atomic E-state index is 0.103. The summed E-state index contributed by atoms with van der Waals surface area (Å²) < 4.78 is 19.3. The second-order valence-electron chi connectivity index (χ2n) is 4.54. The Balaban J connectivity index is 2.15. The summed E-state index contributed by atoms with van der Waals surface area (Å²) in [5, 5.41) is 20.1. The molecular formula is C15H14FNO4. The van der Waals surface area contributed by atoms with E-state index in [0.29, 0.717) is 11.3 Å². The maximum absolute atomic E-state index is 13.9. The average Bonchev–Trinajstić information content (AvgIpc) is 2.46. The van der Waals surface area contributed by atoms with Gasteiger partial charge >= 0.3 is 5.69 Å². The number of benzene rings is 2. The molecule has 5 nitrogen and oxygen atoms in total. The van der Waals surface area contributed by atoms with Crippen molar-refractivity contribution in [1.82, 2.24) is 0 Å². The lowest BCUT2D eigenvalue weighted by atomic mass is 10.1. The third kappa shape index (κ3) is 3.55. The van der Waals surface area contributed by atoms with Crippen molar-refractivity contribution in [2.24, 2.45) is 0 Å². The largest absolute Gasteiger partial charge is 0.489 e. The number of nitro benzene ring substituents is 1. The molecule has 2 rings (SSSR count). The Bertz CT molecular complexity index is 658. The van der Waals surface area contributed by atoms with Crippen LogP contribution < -0.4 is 4.74 Å². The van der Waals surface area contributed by atoms with Crippen molar-refractivity contribution in [2.75, 3.05) is 0 Å². The third-order valence-electron chi connectivity index (χ3n) is 2.99. The number of ether oxygens (including phenoxy) is 1. The molecule has 21 heavy (non-hydrogen) atoms. The molecule has 0 aliphatic heterocycles. The SMILES string of the molecule is C[C@H](O)c1cccc(OCc2cccc([N+](=O)[O-])c2F)c1. The summed E-state index contributed by atoms with van der Waals surface area (Å²) in [5.41, 5.74) is 0.201. The lowest BCUT2D eigenvalue weighted by Gasteiger charge is -2.10. The number of hydrogen-bond donors (Lipinski definition) is 1. The third-order valence-corrected chi connectivity index (χ3v) is 2.99. The number of halogens is 1. The van der Waals surface area contributed by atoms with E-state index in [1.807, 2.05) is 0 Å². The molecule has 1 N–H and O–H groups in total. The van der Waals surface area contributed by atoms with Gasteiger partial charge in [0, 0.05) is 11.6 Å². The lowest BCUT2D eigenvalue weighted by molar-refractivity contribution is -0.387. The van der Waals surface area contributed by atoms with Crippen molar-refractivity contribution in [3.63, 3.8) is 0 Å². The Morgan fingerprint density at radius 2 is 2.05 bits per heavy atom. The van der Waals surface area contributed by atoms with Crippen molar-refractivity contribution >= 4 is 5.69 Å². The zero-order valence-corrected chi connectivity index (χ0v) is 11.3. The van der Waals surface area contributed by atoms with Crippen LogP contribution in [0.15, 0.2) is 42.5 Å². The molecule has 0 aliphatic carbocycles. The fourth-order valence-corrected chi connectivity index (χ4v) is 1.84. The van der Waals surface area contributed by atoms with Crippen LogP contribution in [0.5, 0.6) is 5.75 Å². The highest BCUT2D eigenvalue weighted by Crippen LogP contribution is 2.23. The van der Waals surface area contributed by atoms with Crippen molar-refractivity contribution < 1.29 is 19.2 Å². The molecule has 0 radical (unpaired) electrons. The average molecular weight is 291 g/mol. The minimum atomic E-state index is -0.894. The van der Waals surface area contributed by atoms with Crippen LogP contribution in [0, 0.1) is 15.9 Å². The molecule has 1 atom stereocenters. The van der Waals surface area contributed by atoms with E-state index < -0.39 is 22.5 Å². The normalized spacial score (nSPS) is 12.0. The molecule has 6 heteroatoms. The Morgan fingerprint density at radius 1 is 1.33 bits per heavy atom. The Morgan fingerprint density at radius 3 is 2.71 bits per heavy atom. The molecule has 2 aromatic rings. The Hall–Kier alpha value is -2.47. The fraction of sp³-hybridized carbons (Fsp3) is 0.200. The van der Waals surface area contributed by atoms with Crippen LogP contribution in [0.25, 0.3) is 0 Å². The number of aliphatic hydroxyl groups excluding tert-OH is 1. The van der Waals surface area contributed by atoms with Gasteiger partial charge in [0.25, 0.3) is 0 Å². The van der Waals surface area contributed by atoms with E-state index >= 15 is 0 Å². The van der Waals surface area contributed by atoms with Gasteiger partial charge in [0.15, 0.2) is 0 Å². The first-order chi connectivity index (χ1) is 9.99. The second-order valence-corrected chi connectivity index (χ2v) is 4.54. The molecule has 0 saturated carbocycles. The summed E-state index contributed by atoms with van der Waals surface area (Å²) in [7, 11) is 0. The minimum Gasteiger partial charge on any atom is -0.489 e. The van der Waals surface area contributed by atoms with Gasteiger partial charge in [-0.15, -0.1) is 0 Å². The van der Waals surface area contributed by atoms with Crippen LogP contribution in [-0.2, 0) is 6.61 Å². The Labute approximate surface area is 120 Å². The van der Waals surface area contributed by atoms with Gasteiger partial charge in [0.05, 0.1) is 11.0 Å². The van der Waals surface area contributed by atoms with E-state index in [1.54, 1.807) is 31.2 Å². The van der Waals surface area contributed by atoms with Crippen LogP contribution in [0.2, 0.25) is 0 Å². The Kier molecular flexibility index (Phi) is 4.49. The monoisotopic (exact) mass is 291 g/mol. The quantitative estimate of drug-likeness (QED) is 0.677. The van der Waals surface area contributed by atoms with Gasteiger partial charge in [0.2, 0.25) is 5.82 Å². The summed E-state index contributed by atoms with van der Waals surface area (Å²) in [4.78, 5) is 9.89. The van der Waals surface area contributed by atoms with Crippen LogP contribution in [0.3, 0.4) is 0 Å². The van der Waals surface area contributed by atoms with E-state index in [0.717, 1.165) is 6.07 Å². The predicted octanol–water partition coefficient (Wildman–Crippen LogP) is 3.37. The first-order valence-corrected chi connectivity index (χ1v) is 6.31. The lowest BCUT2D eigenvalue weighted by Crippen LogP contribution is -2.02.